The van der Waals surface area contributed by atoms with Gasteiger partial charge in [0.25, 0.3) is 0 Å². The number of rotatable bonds is 4. The Hall–Kier alpha value is -1.32. The van der Waals surface area contributed by atoms with Crippen molar-refractivity contribution in [3.63, 3.8) is 0 Å². The Labute approximate surface area is 99.2 Å². The molecule has 0 aliphatic heterocycles. The van der Waals surface area contributed by atoms with Crippen LogP contribution in [0.5, 0.6) is 0 Å². The lowest BCUT2D eigenvalue weighted by Gasteiger charge is -2.00. The van der Waals surface area contributed by atoms with E-state index >= 15 is 0 Å². The van der Waals surface area contributed by atoms with Gasteiger partial charge in [0.05, 0.1) is 5.69 Å². The lowest BCUT2D eigenvalue weighted by atomic mass is 10.0. The quantitative estimate of drug-likeness (QED) is 0.888. The van der Waals surface area contributed by atoms with Crippen molar-refractivity contribution in [1.82, 2.24) is 5.16 Å². The SMILES string of the molecule is NCCCc1nocc1-c1ccc(Cl)cc1. The molecule has 1 aromatic heterocycles. The lowest BCUT2D eigenvalue weighted by Crippen LogP contribution is -2.01. The largest absolute Gasteiger partial charge is 0.364 e. The van der Waals surface area contributed by atoms with Crippen LogP contribution in [0.4, 0.5) is 0 Å². The van der Waals surface area contributed by atoms with Crippen LogP contribution in [0.1, 0.15) is 12.1 Å². The second-order valence-electron chi connectivity index (χ2n) is 3.57. The first kappa shape index (κ1) is 11.2. The Morgan fingerprint density at radius 3 is 2.69 bits per heavy atom. The van der Waals surface area contributed by atoms with Crippen LogP contribution in [0, 0.1) is 0 Å². The molecule has 2 N–H and O–H groups in total. The zero-order chi connectivity index (χ0) is 11.4. The zero-order valence-electron chi connectivity index (χ0n) is 8.82. The molecule has 0 saturated carbocycles. The smallest absolute Gasteiger partial charge is 0.131 e. The number of hydrogen-bond donors (Lipinski definition) is 1. The molecule has 0 amide bonds. The molecule has 4 heteroatoms. The van der Waals surface area contributed by atoms with Crippen LogP contribution in [0.25, 0.3) is 11.1 Å². The van der Waals surface area contributed by atoms with Crippen molar-refractivity contribution in [2.45, 2.75) is 12.8 Å². The van der Waals surface area contributed by atoms with Crippen molar-refractivity contribution in [2.75, 3.05) is 6.54 Å². The van der Waals surface area contributed by atoms with Crippen LogP contribution in [-0.2, 0) is 6.42 Å². The molecule has 2 rings (SSSR count). The van der Waals surface area contributed by atoms with Gasteiger partial charge in [-0.05, 0) is 37.1 Å². The summed E-state index contributed by atoms with van der Waals surface area (Å²) in [7, 11) is 0. The Morgan fingerprint density at radius 1 is 1.25 bits per heavy atom. The monoisotopic (exact) mass is 236 g/mol. The number of nitrogens with two attached hydrogens (primary N) is 1. The van der Waals surface area contributed by atoms with Crippen LogP contribution in [-0.4, -0.2) is 11.7 Å². The molecule has 1 aromatic carbocycles. The molecule has 0 atom stereocenters. The van der Waals surface area contributed by atoms with Gasteiger partial charge in [0.1, 0.15) is 6.26 Å². The van der Waals surface area contributed by atoms with E-state index in [1.807, 2.05) is 24.3 Å². The zero-order valence-corrected chi connectivity index (χ0v) is 9.57. The van der Waals surface area contributed by atoms with Crippen molar-refractivity contribution >= 4 is 11.6 Å². The number of nitrogens with zero attached hydrogens (tertiary/aromatic N) is 1. The number of halogens is 1. The molecule has 0 aliphatic carbocycles. The summed E-state index contributed by atoms with van der Waals surface area (Å²) in [6, 6.07) is 7.63. The van der Waals surface area contributed by atoms with Crippen LogP contribution in [0.15, 0.2) is 35.1 Å². The van der Waals surface area contributed by atoms with Gasteiger partial charge < -0.3 is 10.3 Å². The summed E-state index contributed by atoms with van der Waals surface area (Å²) in [6.45, 7) is 0.660. The van der Waals surface area contributed by atoms with Crippen LogP contribution >= 0.6 is 11.6 Å². The summed E-state index contributed by atoms with van der Waals surface area (Å²) >= 11 is 5.84. The third kappa shape index (κ3) is 2.43. The molecule has 2 aromatic rings. The molecular formula is C12H13ClN2O. The molecule has 16 heavy (non-hydrogen) atoms. The van der Waals surface area contributed by atoms with E-state index in [9.17, 15) is 0 Å². The molecule has 0 fully saturated rings. The summed E-state index contributed by atoms with van der Waals surface area (Å²) in [5.41, 5.74) is 8.52. The van der Waals surface area contributed by atoms with Crippen molar-refractivity contribution in [3.05, 3.63) is 41.2 Å². The fraction of sp³-hybridized carbons (Fsp3) is 0.250. The molecule has 0 saturated heterocycles. The minimum atomic E-state index is 0.660. The van der Waals surface area contributed by atoms with E-state index in [1.54, 1.807) is 6.26 Å². The Bertz CT molecular complexity index is 450. The lowest BCUT2D eigenvalue weighted by molar-refractivity contribution is 0.411. The third-order valence-corrected chi connectivity index (χ3v) is 2.67. The average molecular weight is 237 g/mol. The maximum atomic E-state index is 5.84. The highest BCUT2D eigenvalue weighted by molar-refractivity contribution is 6.30. The first-order chi connectivity index (χ1) is 7.81. The minimum absolute atomic E-state index is 0.660. The van der Waals surface area contributed by atoms with Gasteiger partial charge in [-0.15, -0.1) is 0 Å². The van der Waals surface area contributed by atoms with E-state index in [0.717, 1.165) is 34.7 Å². The average Bonchev–Trinajstić information content (AvgIpc) is 2.75. The predicted molar refractivity (Wildman–Crippen MR) is 64.3 cm³/mol. The number of aryl methyl sites for hydroxylation is 1. The van der Waals surface area contributed by atoms with Crippen molar-refractivity contribution < 1.29 is 4.52 Å². The first-order valence-electron chi connectivity index (χ1n) is 5.20. The van der Waals surface area contributed by atoms with Crippen molar-refractivity contribution in [1.29, 1.82) is 0 Å². The highest BCUT2D eigenvalue weighted by Gasteiger charge is 2.09. The summed E-state index contributed by atoms with van der Waals surface area (Å²) < 4.78 is 5.00. The Balaban J connectivity index is 2.26. The molecule has 3 nitrogen and oxygen atoms in total. The Morgan fingerprint density at radius 2 is 2.00 bits per heavy atom. The second kappa shape index (κ2) is 5.14. The number of hydrogen-bond acceptors (Lipinski definition) is 3. The van der Waals surface area contributed by atoms with Gasteiger partial charge >= 0.3 is 0 Å². The van der Waals surface area contributed by atoms with Gasteiger partial charge in [-0.2, -0.15) is 0 Å². The van der Waals surface area contributed by atoms with Gasteiger partial charge in [0.15, 0.2) is 0 Å². The highest BCUT2D eigenvalue weighted by atomic mass is 35.5. The van der Waals surface area contributed by atoms with E-state index in [-0.39, 0.29) is 0 Å². The molecular weight excluding hydrogens is 224 g/mol. The molecule has 1 heterocycles. The molecule has 0 aliphatic rings. The van der Waals surface area contributed by atoms with Gasteiger partial charge in [0, 0.05) is 10.6 Å². The maximum absolute atomic E-state index is 5.84. The number of benzene rings is 1. The van der Waals surface area contributed by atoms with Crippen molar-refractivity contribution in [3.8, 4) is 11.1 Å². The molecule has 0 bridgehead atoms. The predicted octanol–water partition coefficient (Wildman–Crippen LogP) is 2.89. The summed E-state index contributed by atoms with van der Waals surface area (Å²) in [5.74, 6) is 0. The van der Waals surface area contributed by atoms with E-state index < -0.39 is 0 Å². The second-order valence-corrected chi connectivity index (χ2v) is 4.01. The standard InChI is InChI=1S/C12H13ClN2O/c13-10-5-3-9(4-6-10)11-8-16-15-12(11)2-1-7-14/h3-6,8H,1-2,7,14H2. The minimum Gasteiger partial charge on any atom is -0.364 e. The van der Waals surface area contributed by atoms with Crippen LogP contribution in [0.2, 0.25) is 5.02 Å². The van der Waals surface area contributed by atoms with E-state index in [4.69, 9.17) is 21.9 Å². The van der Waals surface area contributed by atoms with Crippen molar-refractivity contribution in [2.24, 2.45) is 5.73 Å². The van der Waals surface area contributed by atoms with Gasteiger partial charge in [0.2, 0.25) is 0 Å². The molecule has 0 unspecified atom stereocenters. The normalized spacial score (nSPS) is 10.6. The van der Waals surface area contributed by atoms with E-state index in [0.29, 0.717) is 6.54 Å². The summed E-state index contributed by atoms with van der Waals surface area (Å²) in [6.07, 6.45) is 3.41. The summed E-state index contributed by atoms with van der Waals surface area (Å²) in [5, 5.41) is 4.71. The maximum Gasteiger partial charge on any atom is 0.131 e. The van der Waals surface area contributed by atoms with E-state index in [1.165, 1.54) is 0 Å². The van der Waals surface area contributed by atoms with E-state index in [2.05, 4.69) is 5.16 Å². The number of aromatic nitrogens is 1. The van der Waals surface area contributed by atoms with Crippen LogP contribution in [0.3, 0.4) is 0 Å². The Kier molecular flexibility index (Phi) is 3.59. The molecule has 0 radical (unpaired) electrons. The van der Waals surface area contributed by atoms with Gasteiger partial charge in [-0.25, -0.2) is 0 Å². The molecule has 0 spiro atoms. The summed E-state index contributed by atoms with van der Waals surface area (Å²) in [4.78, 5) is 0. The fourth-order valence-corrected chi connectivity index (χ4v) is 1.70. The van der Waals surface area contributed by atoms with Gasteiger partial charge in [-0.3, -0.25) is 0 Å². The topological polar surface area (TPSA) is 52.0 Å². The highest BCUT2D eigenvalue weighted by Crippen LogP contribution is 2.25. The molecule has 84 valence electrons. The van der Waals surface area contributed by atoms with Gasteiger partial charge in [-0.1, -0.05) is 28.9 Å². The first-order valence-corrected chi connectivity index (χ1v) is 5.58. The van der Waals surface area contributed by atoms with Crippen LogP contribution < -0.4 is 5.73 Å². The fourth-order valence-electron chi connectivity index (χ4n) is 1.57. The third-order valence-electron chi connectivity index (χ3n) is 2.42.